The van der Waals surface area contributed by atoms with Crippen LogP contribution in [-0.2, 0) is 15.5 Å². The van der Waals surface area contributed by atoms with E-state index in [9.17, 15) is 33.2 Å². The monoisotopic (exact) mass is 394 g/mol. The summed E-state index contributed by atoms with van der Waals surface area (Å²) in [6.45, 7) is 6.65. The molecule has 0 radical (unpaired) electrons. The highest BCUT2D eigenvalue weighted by Gasteiger charge is 2.38. The van der Waals surface area contributed by atoms with Crippen LogP contribution < -0.4 is 0 Å². The minimum absolute atomic E-state index is 0.143. The molecular formula is C17H18N2O7S. The van der Waals surface area contributed by atoms with E-state index in [1.54, 1.807) is 27.7 Å². The molecule has 0 heterocycles. The van der Waals surface area contributed by atoms with Crippen LogP contribution in [0.4, 0.5) is 11.4 Å². The smallest absolute Gasteiger partial charge is 0.282 e. The Kier molecular flexibility index (Phi) is 5.08. The summed E-state index contributed by atoms with van der Waals surface area (Å²) in [5.74, 6) is 0. The molecule has 0 fully saturated rings. The molecule has 0 aliphatic rings. The van der Waals surface area contributed by atoms with Crippen LogP contribution in [0.15, 0.2) is 35.2 Å². The molecular weight excluding hydrogens is 376 g/mol. The molecule has 0 spiro atoms. The number of nitro benzene ring substituents is 2. The zero-order valence-corrected chi connectivity index (χ0v) is 15.9. The summed E-state index contributed by atoms with van der Waals surface area (Å²) < 4.78 is 32.9. The number of benzene rings is 2. The molecule has 0 atom stereocenters. The second-order valence-corrected chi connectivity index (χ2v) is 8.49. The van der Waals surface area contributed by atoms with Crippen molar-refractivity contribution < 1.29 is 22.8 Å². The maximum atomic E-state index is 11.7. The summed E-state index contributed by atoms with van der Waals surface area (Å²) in [5.41, 5.74) is -2.00. The lowest BCUT2D eigenvalue weighted by atomic mass is 9.84. The van der Waals surface area contributed by atoms with E-state index in [-0.39, 0.29) is 16.7 Å². The molecule has 0 aromatic heterocycles. The SMILES string of the molecule is Cc1ccc(S(=O)(=O)O)c(-c2ccc(C(C)(C)C)c([N+](=O)[O-])c2[N+](=O)[O-])c1. The van der Waals surface area contributed by atoms with Crippen LogP contribution in [0.3, 0.4) is 0 Å². The lowest BCUT2D eigenvalue weighted by Crippen LogP contribution is -2.15. The van der Waals surface area contributed by atoms with Gasteiger partial charge in [0.15, 0.2) is 0 Å². The standard InChI is InChI=1S/C17H18N2O7S/c1-10-5-8-14(27(24,25)26)12(9-10)11-6-7-13(17(2,3)4)16(19(22)23)15(11)18(20)21/h5-9H,1-4H3,(H,24,25,26). The number of nitrogens with zero attached hydrogens (tertiary/aromatic N) is 2. The largest absolute Gasteiger partial charge is 0.354 e. The highest BCUT2D eigenvalue weighted by Crippen LogP contribution is 2.45. The Bertz CT molecular complexity index is 1050. The Morgan fingerprint density at radius 1 is 0.926 bits per heavy atom. The predicted molar refractivity (Wildman–Crippen MR) is 98.4 cm³/mol. The van der Waals surface area contributed by atoms with Crippen LogP contribution in [-0.4, -0.2) is 22.8 Å². The van der Waals surface area contributed by atoms with Crippen LogP contribution in [0.1, 0.15) is 31.9 Å². The van der Waals surface area contributed by atoms with Gasteiger partial charge in [0.05, 0.1) is 15.4 Å². The fraction of sp³-hybridized carbons (Fsp3) is 0.294. The van der Waals surface area contributed by atoms with E-state index < -0.39 is 41.6 Å². The topological polar surface area (TPSA) is 141 Å². The molecule has 0 saturated heterocycles. The van der Waals surface area contributed by atoms with Crippen LogP contribution in [0.25, 0.3) is 11.1 Å². The van der Waals surface area contributed by atoms with Crippen molar-refractivity contribution in [2.75, 3.05) is 0 Å². The summed E-state index contributed by atoms with van der Waals surface area (Å²) in [4.78, 5) is 21.1. The van der Waals surface area contributed by atoms with Crippen LogP contribution in [0.5, 0.6) is 0 Å². The summed E-state index contributed by atoms with van der Waals surface area (Å²) in [5, 5.41) is 23.4. The fourth-order valence-electron chi connectivity index (χ4n) is 2.85. The van der Waals surface area contributed by atoms with Crippen molar-refractivity contribution >= 4 is 21.5 Å². The quantitative estimate of drug-likeness (QED) is 0.469. The van der Waals surface area contributed by atoms with Crippen molar-refractivity contribution in [3.8, 4) is 11.1 Å². The molecule has 0 aliphatic heterocycles. The molecule has 2 rings (SSSR count). The molecule has 0 amide bonds. The first-order chi connectivity index (χ1) is 12.2. The van der Waals surface area contributed by atoms with Crippen molar-refractivity contribution in [2.45, 2.75) is 38.0 Å². The minimum Gasteiger partial charge on any atom is -0.282 e. The summed E-state index contributed by atoms with van der Waals surface area (Å²) >= 11 is 0. The number of rotatable bonds is 4. The van der Waals surface area contributed by atoms with Gasteiger partial charge in [-0.15, -0.1) is 0 Å². The highest BCUT2D eigenvalue weighted by molar-refractivity contribution is 7.86. The van der Waals surface area contributed by atoms with Gasteiger partial charge >= 0.3 is 11.4 Å². The van der Waals surface area contributed by atoms with Crippen molar-refractivity contribution in [1.82, 2.24) is 0 Å². The summed E-state index contributed by atoms with van der Waals surface area (Å²) in [6.07, 6.45) is 0. The van der Waals surface area contributed by atoms with Gasteiger partial charge in [-0.05, 0) is 30.5 Å². The van der Waals surface area contributed by atoms with Crippen LogP contribution in [0.2, 0.25) is 0 Å². The second-order valence-electron chi connectivity index (χ2n) is 7.10. The second kappa shape index (κ2) is 6.71. The van der Waals surface area contributed by atoms with Gasteiger partial charge in [-0.25, -0.2) is 0 Å². The van der Waals surface area contributed by atoms with Gasteiger partial charge in [-0.2, -0.15) is 8.42 Å². The number of hydrogen-bond acceptors (Lipinski definition) is 6. The summed E-state index contributed by atoms with van der Waals surface area (Å²) in [6, 6.07) is 6.49. The number of aryl methyl sites for hydroxylation is 1. The van der Waals surface area contributed by atoms with E-state index in [0.29, 0.717) is 5.56 Å². The Balaban J connectivity index is 3.05. The van der Waals surface area contributed by atoms with Gasteiger partial charge in [0, 0.05) is 11.1 Å². The Hall–Kier alpha value is -2.85. The van der Waals surface area contributed by atoms with E-state index in [0.717, 1.165) is 6.07 Å². The van der Waals surface area contributed by atoms with E-state index in [1.165, 1.54) is 24.3 Å². The van der Waals surface area contributed by atoms with Gasteiger partial charge in [0.1, 0.15) is 4.90 Å². The maximum absolute atomic E-state index is 11.7. The van der Waals surface area contributed by atoms with E-state index >= 15 is 0 Å². The Labute approximate surface area is 155 Å². The normalized spacial score (nSPS) is 12.0. The first-order valence-electron chi connectivity index (χ1n) is 7.80. The average Bonchev–Trinajstić information content (AvgIpc) is 2.50. The van der Waals surface area contributed by atoms with Gasteiger partial charge in [-0.3, -0.25) is 24.8 Å². The molecule has 27 heavy (non-hydrogen) atoms. The Morgan fingerprint density at radius 3 is 1.93 bits per heavy atom. The first kappa shape index (κ1) is 20.5. The molecule has 0 saturated carbocycles. The molecule has 1 N–H and O–H groups in total. The molecule has 2 aromatic carbocycles. The molecule has 10 heteroatoms. The zero-order valence-electron chi connectivity index (χ0n) is 15.1. The van der Waals surface area contributed by atoms with Crippen molar-refractivity contribution in [3.05, 3.63) is 61.7 Å². The van der Waals surface area contributed by atoms with Crippen LogP contribution >= 0.6 is 0 Å². The van der Waals surface area contributed by atoms with Crippen molar-refractivity contribution in [3.63, 3.8) is 0 Å². The molecule has 9 nitrogen and oxygen atoms in total. The van der Waals surface area contributed by atoms with E-state index in [2.05, 4.69) is 0 Å². The van der Waals surface area contributed by atoms with Crippen molar-refractivity contribution in [1.29, 1.82) is 0 Å². The van der Waals surface area contributed by atoms with Crippen LogP contribution in [0, 0.1) is 27.2 Å². The molecule has 0 bridgehead atoms. The van der Waals surface area contributed by atoms with Gasteiger partial charge in [-0.1, -0.05) is 38.5 Å². The van der Waals surface area contributed by atoms with Gasteiger partial charge < -0.3 is 0 Å². The van der Waals surface area contributed by atoms with E-state index in [1.807, 2.05) is 0 Å². The number of nitro groups is 2. The number of hydrogen-bond donors (Lipinski definition) is 1. The maximum Gasteiger partial charge on any atom is 0.354 e. The van der Waals surface area contributed by atoms with Crippen molar-refractivity contribution in [2.24, 2.45) is 0 Å². The third-order valence-electron chi connectivity index (χ3n) is 4.03. The van der Waals surface area contributed by atoms with Gasteiger partial charge in [0.2, 0.25) is 0 Å². The summed E-state index contributed by atoms with van der Waals surface area (Å²) in [7, 11) is -4.70. The lowest BCUT2D eigenvalue weighted by molar-refractivity contribution is -0.422. The zero-order chi connectivity index (χ0) is 20.7. The first-order valence-corrected chi connectivity index (χ1v) is 9.24. The Morgan fingerprint density at radius 2 is 1.48 bits per heavy atom. The third-order valence-corrected chi connectivity index (χ3v) is 4.94. The minimum atomic E-state index is -4.70. The molecule has 144 valence electrons. The molecule has 2 aromatic rings. The highest BCUT2D eigenvalue weighted by atomic mass is 32.2. The van der Waals surface area contributed by atoms with E-state index in [4.69, 9.17) is 0 Å². The molecule has 0 aliphatic carbocycles. The third kappa shape index (κ3) is 3.96. The lowest BCUT2D eigenvalue weighted by Gasteiger charge is -2.19. The van der Waals surface area contributed by atoms with Gasteiger partial charge in [0.25, 0.3) is 10.1 Å². The molecule has 0 unspecified atom stereocenters. The average molecular weight is 394 g/mol. The fourth-order valence-corrected chi connectivity index (χ4v) is 3.54. The predicted octanol–water partition coefficient (Wildman–Crippen LogP) is 4.02.